The van der Waals surface area contributed by atoms with Gasteiger partial charge in [0.1, 0.15) is 16.4 Å². The molecule has 4 heterocycles. The highest BCUT2D eigenvalue weighted by Crippen LogP contribution is 2.44. The summed E-state index contributed by atoms with van der Waals surface area (Å²) in [5, 5.41) is 13.1. The van der Waals surface area contributed by atoms with E-state index in [9.17, 15) is 23.1 Å². The van der Waals surface area contributed by atoms with Crippen molar-refractivity contribution in [3.63, 3.8) is 0 Å². The lowest BCUT2D eigenvalue weighted by molar-refractivity contribution is -0.136. The number of rotatable bonds is 5. The quantitative estimate of drug-likeness (QED) is 0.494. The third-order valence-electron chi connectivity index (χ3n) is 6.32. The summed E-state index contributed by atoms with van der Waals surface area (Å²) in [6.45, 7) is 2.81. The molecule has 3 aromatic rings. The lowest BCUT2D eigenvalue weighted by atomic mass is 10.1. The van der Waals surface area contributed by atoms with Crippen LogP contribution in [0.5, 0.6) is 5.88 Å². The zero-order chi connectivity index (χ0) is 26.2. The summed E-state index contributed by atoms with van der Waals surface area (Å²) >= 11 is 0.887. The van der Waals surface area contributed by atoms with Gasteiger partial charge in [0, 0.05) is 32.2 Å². The van der Waals surface area contributed by atoms with Crippen molar-refractivity contribution < 1.29 is 32.5 Å². The second kappa shape index (κ2) is 10.2. The molecule has 0 unspecified atom stereocenters. The highest BCUT2D eigenvalue weighted by Gasteiger charge is 2.34. The summed E-state index contributed by atoms with van der Waals surface area (Å²) in [6.07, 6.45) is -4.19. The summed E-state index contributed by atoms with van der Waals surface area (Å²) < 4.78 is 52.1. The Labute approximate surface area is 214 Å². The van der Waals surface area contributed by atoms with Crippen LogP contribution in [0.1, 0.15) is 18.4 Å². The van der Waals surface area contributed by atoms with Gasteiger partial charge in [-0.15, -0.1) is 11.3 Å². The van der Waals surface area contributed by atoms with Gasteiger partial charge in [0.15, 0.2) is 0 Å². The Kier molecular flexibility index (Phi) is 6.94. The molecule has 2 aliphatic heterocycles. The number of benzene rings is 1. The molecule has 37 heavy (non-hydrogen) atoms. The first-order valence-electron chi connectivity index (χ1n) is 11.7. The predicted molar refractivity (Wildman–Crippen MR) is 131 cm³/mol. The van der Waals surface area contributed by atoms with Gasteiger partial charge in [-0.2, -0.15) is 23.1 Å². The van der Waals surface area contributed by atoms with Crippen LogP contribution in [0, 0.1) is 0 Å². The second-order valence-electron chi connectivity index (χ2n) is 8.74. The Hall–Kier alpha value is -3.39. The third kappa shape index (κ3) is 5.21. The largest absolute Gasteiger partial charge is 0.480 e. The molecule has 0 bridgehead atoms. The molecule has 2 saturated heterocycles. The zero-order valence-electron chi connectivity index (χ0n) is 19.9. The molecule has 5 rings (SSSR count). The Morgan fingerprint density at radius 3 is 2.70 bits per heavy atom. The molecule has 10 nitrogen and oxygen atoms in total. The molecule has 2 aromatic heterocycles. The lowest BCUT2D eigenvalue weighted by Gasteiger charge is -2.32. The van der Waals surface area contributed by atoms with Crippen molar-refractivity contribution in [1.82, 2.24) is 19.9 Å². The van der Waals surface area contributed by atoms with E-state index in [4.69, 9.17) is 14.5 Å². The topological polar surface area (TPSA) is 113 Å². The van der Waals surface area contributed by atoms with E-state index in [2.05, 4.69) is 15.3 Å². The minimum atomic E-state index is -4.53. The maximum atomic E-state index is 13.7. The Morgan fingerprint density at radius 1 is 1.22 bits per heavy atom. The van der Waals surface area contributed by atoms with Crippen molar-refractivity contribution >= 4 is 39.4 Å². The number of anilines is 2. The fourth-order valence-corrected chi connectivity index (χ4v) is 5.66. The van der Waals surface area contributed by atoms with Crippen LogP contribution in [-0.4, -0.2) is 83.6 Å². The predicted octanol–water partition coefficient (Wildman–Crippen LogP) is 4.17. The Bertz CT molecular complexity index is 1300. The van der Waals surface area contributed by atoms with E-state index in [0.29, 0.717) is 63.0 Å². The molecule has 1 aromatic carbocycles. The van der Waals surface area contributed by atoms with E-state index in [1.54, 1.807) is 0 Å². The van der Waals surface area contributed by atoms with Crippen LogP contribution in [0.25, 0.3) is 20.8 Å². The van der Waals surface area contributed by atoms with Crippen LogP contribution in [0.15, 0.2) is 18.2 Å². The average Bonchev–Trinajstić information content (AvgIpc) is 3.32. The number of aromatic nitrogens is 3. The molecular formula is C23H25F3N6O4S. The SMILES string of the molecule is COc1nc(N2CCOCC2)nc(N[C@@H]2CCCN(C(=O)O)C2)c1-c1nc2cccc(C(F)(F)F)c2s1. The number of hydrogen-bond donors (Lipinski definition) is 2. The molecule has 0 spiro atoms. The first-order chi connectivity index (χ1) is 17.7. The number of carboxylic acid groups (broad SMARTS) is 1. The van der Waals surface area contributed by atoms with E-state index >= 15 is 0 Å². The first kappa shape index (κ1) is 25.3. The van der Waals surface area contributed by atoms with Gasteiger partial charge in [-0.1, -0.05) is 6.07 Å². The zero-order valence-corrected chi connectivity index (χ0v) is 20.7. The number of thiazole rings is 1. The number of fused-ring (bicyclic) bond motifs is 1. The minimum Gasteiger partial charge on any atom is -0.480 e. The average molecular weight is 539 g/mol. The van der Waals surface area contributed by atoms with Crippen molar-refractivity contribution in [2.75, 3.05) is 56.7 Å². The summed E-state index contributed by atoms with van der Waals surface area (Å²) in [7, 11) is 1.43. The molecular weight excluding hydrogens is 513 g/mol. The lowest BCUT2D eigenvalue weighted by Crippen LogP contribution is -2.44. The Morgan fingerprint density at radius 2 is 2.00 bits per heavy atom. The molecule has 2 fully saturated rings. The standard InChI is InChI=1S/C23H25F3N6O4S/c1-35-19-16(20-28-15-6-2-5-14(17(15)37-20)23(24,25)26)18(27-13-4-3-7-32(12-13)22(33)34)29-21(30-19)31-8-10-36-11-9-31/h2,5-6,13H,3-4,7-12H2,1H3,(H,33,34)(H,27,29,30)/t13-/m1/s1. The number of ether oxygens (including phenoxy) is 2. The summed E-state index contributed by atoms with van der Waals surface area (Å²) in [6, 6.07) is 3.62. The van der Waals surface area contributed by atoms with E-state index in [1.165, 1.54) is 24.1 Å². The summed E-state index contributed by atoms with van der Waals surface area (Å²) in [5.74, 6) is 0.880. The highest BCUT2D eigenvalue weighted by atomic mass is 32.1. The van der Waals surface area contributed by atoms with Crippen LogP contribution < -0.4 is 15.0 Å². The summed E-state index contributed by atoms with van der Waals surface area (Å²) in [5.41, 5.74) is -0.228. The number of amides is 1. The second-order valence-corrected chi connectivity index (χ2v) is 9.74. The maximum absolute atomic E-state index is 13.7. The van der Waals surface area contributed by atoms with E-state index in [1.807, 2.05) is 4.90 Å². The van der Waals surface area contributed by atoms with E-state index in [-0.39, 0.29) is 33.7 Å². The number of nitrogens with zero attached hydrogens (tertiary/aromatic N) is 5. The highest BCUT2D eigenvalue weighted by molar-refractivity contribution is 7.22. The van der Waals surface area contributed by atoms with Gasteiger partial charge >= 0.3 is 12.3 Å². The molecule has 0 radical (unpaired) electrons. The number of hydrogen-bond acceptors (Lipinski definition) is 9. The van der Waals surface area contributed by atoms with E-state index < -0.39 is 17.8 Å². The number of nitrogens with one attached hydrogen (secondary N) is 1. The van der Waals surface area contributed by atoms with Crippen molar-refractivity contribution in [2.24, 2.45) is 0 Å². The van der Waals surface area contributed by atoms with Gasteiger partial charge in [-0.25, -0.2) is 9.78 Å². The van der Waals surface area contributed by atoms with Crippen LogP contribution in [-0.2, 0) is 10.9 Å². The molecule has 2 N–H and O–H groups in total. The fourth-order valence-electron chi connectivity index (χ4n) is 4.52. The third-order valence-corrected chi connectivity index (χ3v) is 7.44. The van der Waals surface area contributed by atoms with Crippen LogP contribution in [0.3, 0.4) is 0 Å². The number of likely N-dealkylation sites (tertiary alicyclic amines) is 1. The minimum absolute atomic E-state index is 0.00461. The van der Waals surface area contributed by atoms with Crippen LogP contribution >= 0.6 is 11.3 Å². The number of carbonyl (C=O) groups is 1. The van der Waals surface area contributed by atoms with Crippen molar-refractivity contribution in [2.45, 2.75) is 25.1 Å². The molecule has 0 saturated carbocycles. The number of methoxy groups -OCH3 is 1. The maximum Gasteiger partial charge on any atom is 0.417 e. The number of alkyl halides is 3. The van der Waals surface area contributed by atoms with Crippen LogP contribution in [0.4, 0.5) is 29.7 Å². The van der Waals surface area contributed by atoms with Gasteiger partial charge in [-0.05, 0) is 25.0 Å². The fraction of sp³-hybridized carbons (Fsp3) is 0.478. The number of morpholine rings is 1. The first-order valence-corrected chi connectivity index (χ1v) is 12.6. The van der Waals surface area contributed by atoms with Crippen molar-refractivity contribution in [3.05, 3.63) is 23.8 Å². The monoisotopic (exact) mass is 538 g/mol. The van der Waals surface area contributed by atoms with Gasteiger partial charge in [0.25, 0.3) is 0 Å². The number of halogens is 3. The normalized spacial score (nSPS) is 18.8. The molecule has 198 valence electrons. The molecule has 1 atom stereocenters. The van der Waals surface area contributed by atoms with Crippen LogP contribution in [0.2, 0.25) is 0 Å². The number of piperidine rings is 1. The van der Waals surface area contributed by atoms with Gasteiger partial charge in [0.05, 0.1) is 36.1 Å². The van der Waals surface area contributed by atoms with E-state index in [0.717, 1.165) is 17.4 Å². The molecule has 0 aliphatic carbocycles. The molecule has 14 heteroatoms. The Balaban J connectivity index is 1.62. The summed E-state index contributed by atoms with van der Waals surface area (Å²) in [4.78, 5) is 28.6. The van der Waals surface area contributed by atoms with Gasteiger partial charge in [-0.3, -0.25) is 0 Å². The smallest absolute Gasteiger partial charge is 0.417 e. The van der Waals surface area contributed by atoms with Gasteiger partial charge < -0.3 is 29.7 Å². The van der Waals surface area contributed by atoms with Crippen molar-refractivity contribution in [3.8, 4) is 16.5 Å². The van der Waals surface area contributed by atoms with Gasteiger partial charge in [0.2, 0.25) is 11.8 Å². The molecule has 2 aliphatic rings. The molecule has 1 amide bonds. The van der Waals surface area contributed by atoms with Crippen molar-refractivity contribution in [1.29, 1.82) is 0 Å².